The van der Waals surface area contributed by atoms with Gasteiger partial charge in [0.1, 0.15) is 0 Å². The zero-order valence-corrected chi connectivity index (χ0v) is 10.7. The van der Waals surface area contributed by atoms with E-state index in [1.165, 1.54) is 0 Å². The molecule has 1 saturated heterocycles. The van der Waals surface area contributed by atoms with Crippen molar-refractivity contribution < 1.29 is 9.84 Å². The van der Waals surface area contributed by atoms with Gasteiger partial charge in [-0.2, -0.15) is 0 Å². The van der Waals surface area contributed by atoms with Gasteiger partial charge in [-0.1, -0.05) is 13.8 Å². The summed E-state index contributed by atoms with van der Waals surface area (Å²) in [5, 5.41) is 9.47. The molecule has 0 saturated carbocycles. The molecule has 1 aliphatic heterocycles. The highest BCUT2D eigenvalue weighted by Crippen LogP contribution is 2.21. The second-order valence-electron chi connectivity index (χ2n) is 5.18. The molecule has 0 aromatic heterocycles. The number of aliphatic hydroxyl groups is 1. The Morgan fingerprint density at radius 1 is 1.50 bits per heavy atom. The predicted octanol–water partition coefficient (Wildman–Crippen LogP) is 0.299. The number of hydrogen-bond donors (Lipinski definition) is 2. The molecule has 0 bridgehead atoms. The monoisotopic (exact) mass is 230 g/mol. The van der Waals surface area contributed by atoms with Crippen molar-refractivity contribution in [2.75, 3.05) is 33.4 Å². The number of nitrogens with two attached hydrogens (primary N) is 1. The summed E-state index contributed by atoms with van der Waals surface area (Å²) in [5.41, 5.74) is 6.14. The number of ether oxygens (including phenoxy) is 1. The maximum absolute atomic E-state index is 9.47. The van der Waals surface area contributed by atoms with Crippen molar-refractivity contribution in [3.63, 3.8) is 0 Å². The van der Waals surface area contributed by atoms with Crippen molar-refractivity contribution in [2.24, 2.45) is 17.6 Å². The molecule has 3 unspecified atom stereocenters. The van der Waals surface area contributed by atoms with E-state index >= 15 is 0 Å². The minimum absolute atomic E-state index is 0.0475. The first-order valence-corrected chi connectivity index (χ1v) is 6.19. The molecule has 0 aromatic carbocycles. The van der Waals surface area contributed by atoms with Crippen LogP contribution in [0, 0.1) is 11.8 Å². The van der Waals surface area contributed by atoms with Crippen molar-refractivity contribution in [1.82, 2.24) is 4.90 Å². The fraction of sp³-hybridized carbons (Fsp3) is 1.00. The van der Waals surface area contributed by atoms with E-state index in [2.05, 4.69) is 18.7 Å². The molecule has 1 heterocycles. The summed E-state index contributed by atoms with van der Waals surface area (Å²) in [6, 6.07) is 0.146. The largest absolute Gasteiger partial charge is 0.395 e. The van der Waals surface area contributed by atoms with Gasteiger partial charge in [0.15, 0.2) is 0 Å². The van der Waals surface area contributed by atoms with E-state index in [1.807, 2.05) is 0 Å². The molecular formula is C12H26N2O2. The summed E-state index contributed by atoms with van der Waals surface area (Å²) >= 11 is 0. The zero-order valence-electron chi connectivity index (χ0n) is 10.7. The quantitative estimate of drug-likeness (QED) is 0.689. The van der Waals surface area contributed by atoms with Crippen molar-refractivity contribution in [3.05, 3.63) is 0 Å². The minimum Gasteiger partial charge on any atom is -0.395 e. The summed E-state index contributed by atoms with van der Waals surface area (Å²) in [6.07, 6.45) is 1.15. The molecule has 16 heavy (non-hydrogen) atoms. The predicted molar refractivity (Wildman–Crippen MR) is 65.2 cm³/mol. The summed E-state index contributed by atoms with van der Waals surface area (Å²) in [7, 11) is 1.74. The lowest BCUT2D eigenvalue weighted by Crippen LogP contribution is -2.51. The lowest BCUT2D eigenvalue weighted by Gasteiger charge is -2.33. The maximum atomic E-state index is 9.47. The van der Waals surface area contributed by atoms with E-state index in [9.17, 15) is 5.11 Å². The van der Waals surface area contributed by atoms with Crippen molar-refractivity contribution in [3.8, 4) is 0 Å². The molecule has 1 rings (SSSR count). The summed E-state index contributed by atoms with van der Waals surface area (Å²) < 4.78 is 5.17. The number of nitrogens with zero attached hydrogens (tertiary/aromatic N) is 1. The molecular weight excluding hydrogens is 204 g/mol. The van der Waals surface area contributed by atoms with E-state index in [-0.39, 0.29) is 18.7 Å². The van der Waals surface area contributed by atoms with E-state index in [0.29, 0.717) is 11.8 Å². The number of methoxy groups -OCH3 is 1. The molecule has 0 spiro atoms. The fourth-order valence-corrected chi connectivity index (χ4v) is 2.46. The van der Waals surface area contributed by atoms with Crippen LogP contribution in [0.4, 0.5) is 0 Å². The Morgan fingerprint density at radius 2 is 2.19 bits per heavy atom. The molecule has 0 radical (unpaired) electrons. The fourth-order valence-electron chi connectivity index (χ4n) is 2.46. The Labute approximate surface area is 98.8 Å². The molecule has 96 valence electrons. The summed E-state index contributed by atoms with van der Waals surface area (Å²) in [6.45, 7) is 7.20. The second kappa shape index (κ2) is 6.55. The van der Waals surface area contributed by atoms with E-state index in [1.54, 1.807) is 7.11 Å². The van der Waals surface area contributed by atoms with Crippen LogP contribution in [-0.4, -0.2) is 55.5 Å². The van der Waals surface area contributed by atoms with Crippen molar-refractivity contribution in [1.29, 1.82) is 0 Å². The van der Waals surface area contributed by atoms with E-state index in [4.69, 9.17) is 10.5 Å². The van der Waals surface area contributed by atoms with Gasteiger partial charge in [0.2, 0.25) is 0 Å². The summed E-state index contributed by atoms with van der Waals surface area (Å²) in [4.78, 5) is 2.31. The van der Waals surface area contributed by atoms with Crippen molar-refractivity contribution in [2.45, 2.75) is 32.4 Å². The molecule has 3 atom stereocenters. The SMILES string of the molecule is COCC1CCN(C(CO)C(N)C(C)C)C1. The van der Waals surface area contributed by atoms with Gasteiger partial charge >= 0.3 is 0 Å². The van der Waals surface area contributed by atoms with Crippen LogP contribution in [0.15, 0.2) is 0 Å². The second-order valence-corrected chi connectivity index (χ2v) is 5.18. The standard InChI is InChI=1S/C12H26N2O2/c1-9(2)12(13)11(7-15)14-5-4-10(6-14)8-16-3/h9-12,15H,4-8,13H2,1-3H3. The third-order valence-electron chi connectivity index (χ3n) is 3.59. The number of aliphatic hydroxyl groups excluding tert-OH is 1. The average Bonchev–Trinajstić information content (AvgIpc) is 2.68. The van der Waals surface area contributed by atoms with Crippen LogP contribution in [0.1, 0.15) is 20.3 Å². The Bertz CT molecular complexity index is 199. The molecule has 1 aliphatic rings. The van der Waals surface area contributed by atoms with E-state index in [0.717, 1.165) is 26.1 Å². The van der Waals surface area contributed by atoms with Crippen molar-refractivity contribution >= 4 is 0 Å². The molecule has 0 amide bonds. The molecule has 0 aromatic rings. The lowest BCUT2D eigenvalue weighted by molar-refractivity contribution is 0.0987. The molecule has 1 fully saturated rings. The van der Waals surface area contributed by atoms with Gasteiger partial charge < -0.3 is 15.6 Å². The Balaban J connectivity index is 2.49. The van der Waals surface area contributed by atoms with Gasteiger partial charge in [-0.15, -0.1) is 0 Å². The van der Waals surface area contributed by atoms with Gasteiger partial charge in [0.25, 0.3) is 0 Å². The van der Waals surface area contributed by atoms with Crippen LogP contribution in [0.5, 0.6) is 0 Å². The maximum Gasteiger partial charge on any atom is 0.0602 e. The Kier molecular flexibility index (Phi) is 5.69. The molecule has 4 heteroatoms. The average molecular weight is 230 g/mol. The number of hydrogen-bond acceptors (Lipinski definition) is 4. The first-order chi connectivity index (χ1) is 7.60. The van der Waals surface area contributed by atoms with Gasteiger partial charge in [-0.3, -0.25) is 4.90 Å². The van der Waals surface area contributed by atoms with Crippen LogP contribution in [0.2, 0.25) is 0 Å². The smallest absolute Gasteiger partial charge is 0.0602 e. The molecule has 3 N–H and O–H groups in total. The first-order valence-electron chi connectivity index (χ1n) is 6.19. The van der Waals surface area contributed by atoms with Gasteiger partial charge in [-0.25, -0.2) is 0 Å². The van der Waals surface area contributed by atoms with Gasteiger partial charge in [0, 0.05) is 25.7 Å². The van der Waals surface area contributed by atoms with Crippen LogP contribution in [-0.2, 0) is 4.74 Å². The lowest BCUT2D eigenvalue weighted by atomic mass is 9.97. The summed E-state index contributed by atoms with van der Waals surface area (Å²) in [5.74, 6) is 0.997. The topological polar surface area (TPSA) is 58.7 Å². The highest BCUT2D eigenvalue weighted by Gasteiger charge is 2.32. The van der Waals surface area contributed by atoms with Crippen LogP contribution < -0.4 is 5.73 Å². The third kappa shape index (κ3) is 3.42. The van der Waals surface area contributed by atoms with Crippen LogP contribution in [0.25, 0.3) is 0 Å². The highest BCUT2D eigenvalue weighted by molar-refractivity contribution is 4.88. The van der Waals surface area contributed by atoms with Gasteiger partial charge in [0.05, 0.1) is 13.2 Å². The first kappa shape index (κ1) is 13.9. The minimum atomic E-state index is 0.0475. The normalized spacial score (nSPS) is 26.2. The Hall–Kier alpha value is -0.160. The number of likely N-dealkylation sites (tertiary alicyclic amines) is 1. The van der Waals surface area contributed by atoms with Crippen LogP contribution in [0.3, 0.4) is 0 Å². The zero-order chi connectivity index (χ0) is 12.1. The van der Waals surface area contributed by atoms with Gasteiger partial charge in [-0.05, 0) is 24.8 Å². The van der Waals surface area contributed by atoms with Crippen LogP contribution >= 0.6 is 0 Å². The van der Waals surface area contributed by atoms with E-state index < -0.39 is 0 Å². The third-order valence-corrected chi connectivity index (χ3v) is 3.59. The number of rotatable bonds is 6. The Morgan fingerprint density at radius 3 is 2.69 bits per heavy atom. The molecule has 0 aliphatic carbocycles. The molecule has 4 nitrogen and oxygen atoms in total. The highest BCUT2D eigenvalue weighted by atomic mass is 16.5.